The molecule has 2 aliphatic rings. The second-order valence-corrected chi connectivity index (χ2v) is 12.0. The van der Waals surface area contributed by atoms with E-state index in [1.165, 1.54) is 15.6 Å². The van der Waals surface area contributed by atoms with Crippen LogP contribution in [0.15, 0.2) is 39.8 Å². The highest BCUT2D eigenvalue weighted by molar-refractivity contribution is 7.89. The molecule has 8 nitrogen and oxygen atoms in total. The summed E-state index contributed by atoms with van der Waals surface area (Å²) in [7, 11) is -3.69. The summed E-state index contributed by atoms with van der Waals surface area (Å²) in [5.74, 6) is 0.982. The molecule has 1 saturated carbocycles. The minimum atomic E-state index is -3.69. The lowest BCUT2D eigenvalue weighted by Crippen LogP contribution is -2.41. The highest BCUT2D eigenvalue weighted by Crippen LogP contribution is 2.41. The summed E-state index contributed by atoms with van der Waals surface area (Å²) >= 11 is 7.47. The molecule has 1 amide bonds. The Morgan fingerprint density at radius 2 is 1.94 bits per heavy atom. The van der Waals surface area contributed by atoms with Crippen LogP contribution in [0.4, 0.5) is 5.69 Å². The second kappa shape index (κ2) is 8.83. The van der Waals surface area contributed by atoms with E-state index < -0.39 is 10.0 Å². The number of aryl methyl sites for hydroxylation is 1. The van der Waals surface area contributed by atoms with Gasteiger partial charge in [-0.25, -0.2) is 8.42 Å². The monoisotopic (exact) mass is 506 g/mol. The predicted molar refractivity (Wildman–Crippen MR) is 126 cm³/mol. The lowest BCUT2D eigenvalue weighted by molar-refractivity contribution is -0.120. The van der Waals surface area contributed by atoms with Gasteiger partial charge in [0, 0.05) is 29.8 Å². The van der Waals surface area contributed by atoms with Gasteiger partial charge in [0.1, 0.15) is 0 Å². The number of rotatable bonds is 6. The summed E-state index contributed by atoms with van der Waals surface area (Å²) in [6.07, 6.45) is 3.00. The number of carbonyl (C=O) groups excluding carboxylic acids is 1. The number of benzene rings is 1. The van der Waals surface area contributed by atoms with E-state index in [0.29, 0.717) is 50.9 Å². The lowest BCUT2D eigenvalue weighted by Gasteiger charge is -2.30. The van der Waals surface area contributed by atoms with Gasteiger partial charge in [0.25, 0.3) is 0 Å². The predicted octanol–water partition coefficient (Wildman–Crippen LogP) is 4.68. The van der Waals surface area contributed by atoms with Gasteiger partial charge in [-0.05, 0) is 50.8 Å². The number of aromatic nitrogens is 2. The van der Waals surface area contributed by atoms with Crippen molar-refractivity contribution in [3.63, 3.8) is 0 Å². The van der Waals surface area contributed by atoms with Crippen LogP contribution in [0.3, 0.4) is 0 Å². The Balaban J connectivity index is 1.26. The van der Waals surface area contributed by atoms with Crippen LogP contribution in [0.2, 0.25) is 5.02 Å². The van der Waals surface area contributed by atoms with Crippen LogP contribution in [0.25, 0.3) is 10.7 Å². The van der Waals surface area contributed by atoms with Crippen molar-refractivity contribution in [2.75, 3.05) is 18.4 Å². The van der Waals surface area contributed by atoms with Crippen molar-refractivity contribution in [1.82, 2.24) is 14.4 Å². The largest absolute Gasteiger partial charge is 0.339 e. The van der Waals surface area contributed by atoms with Crippen LogP contribution < -0.4 is 5.32 Å². The average Bonchev–Trinajstić information content (AvgIpc) is 3.39. The van der Waals surface area contributed by atoms with Crippen LogP contribution in [-0.4, -0.2) is 41.9 Å². The van der Waals surface area contributed by atoms with Crippen LogP contribution in [0, 0.1) is 12.8 Å². The number of nitrogens with one attached hydrogen (secondary N) is 1. The minimum Gasteiger partial charge on any atom is -0.339 e. The molecule has 2 aromatic heterocycles. The molecule has 3 heterocycles. The van der Waals surface area contributed by atoms with Crippen molar-refractivity contribution in [2.45, 2.75) is 43.4 Å². The number of sulfonamides is 1. The quantitative estimate of drug-likeness (QED) is 0.520. The van der Waals surface area contributed by atoms with Crippen molar-refractivity contribution in [1.29, 1.82) is 0 Å². The fraction of sp³-hybridized carbons (Fsp3) is 0.409. The SMILES string of the molecule is Cc1sc(-c2noc(C3CC3)n2)cc1S(=O)(=O)N1CCC(C(=O)Nc2ccccc2Cl)CC1. The third-order valence-corrected chi connectivity index (χ3v) is 9.57. The Bertz CT molecular complexity index is 1290. The topological polar surface area (TPSA) is 105 Å². The first-order valence-corrected chi connectivity index (χ1v) is 13.5. The first-order valence-electron chi connectivity index (χ1n) is 10.8. The van der Waals surface area contributed by atoms with Gasteiger partial charge in [-0.2, -0.15) is 9.29 Å². The summed E-state index contributed by atoms with van der Waals surface area (Å²) < 4.78 is 33.5. The number of anilines is 1. The summed E-state index contributed by atoms with van der Waals surface area (Å²) in [6, 6.07) is 8.69. The number of hydrogen-bond donors (Lipinski definition) is 1. The Morgan fingerprint density at radius 1 is 1.21 bits per heavy atom. The molecule has 0 radical (unpaired) electrons. The van der Waals surface area contributed by atoms with E-state index in [2.05, 4.69) is 15.5 Å². The number of thiophene rings is 1. The van der Waals surface area contributed by atoms with Crippen LogP contribution in [0.5, 0.6) is 0 Å². The van der Waals surface area contributed by atoms with Gasteiger partial charge >= 0.3 is 0 Å². The zero-order valence-corrected chi connectivity index (χ0v) is 20.3. The normalized spacial score (nSPS) is 17.9. The Kier molecular flexibility index (Phi) is 6.02. The first kappa shape index (κ1) is 22.5. The molecule has 1 aromatic carbocycles. The summed E-state index contributed by atoms with van der Waals surface area (Å²) in [6.45, 7) is 2.34. The van der Waals surface area contributed by atoms with Crippen molar-refractivity contribution < 1.29 is 17.7 Å². The molecule has 33 heavy (non-hydrogen) atoms. The Morgan fingerprint density at radius 3 is 2.64 bits per heavy atom. The number of halogens is 1. The molecular formula is C22H23ClN4O4S2. The highest BCUT2D eigenvalue weighted by Gasteiger charge is 2.35. The van der Waals surface area contributed by atoms with E-state index in [1.807, 2.05) is 0 Å². The zero-order chi connectivity index (χ0) is 23.2. The molecule has 1 saturated heterocycles. The zero-order valence-electron chi connectivity index (χ0n) is 18.0. The molecule has 1 aliphatic carbocycles. The molecule has 1 aliphatic heterocycles. The first-order chi connectivity index (χ1) is 15.8. The maximum Gasteiger partial charge on any atom is 0.244 e. The maximum atomic E-state index is 13.3. The summed E-state index contributed by atoms with van der Waals surface area (Å²) in [5.41, 5.74) is 0.562. The summed E-state index contributed by atoms with van der Waals surface area (Å²) in [5, 5.41) is 7.35. The number of piperidine rings is 1. The van der Waals surface area contributed by atoms with Gasteiger partial charge in [0.15, 0.2) is 0 Å². The van der Waals surface area contributed by atoms with E-state index >= 15 is 0 Å². The molecule has 0 unspecified atom stereocenters. The van der Waals surface area contributed by atoms with Crippen LogP contribution in [0.1, 0.15) is 42.4 Å². The van der Waals surface area contributed by atoms with Gasteiger partial charge in [-0.3, -0.25) is 4.79 Å². The Hall–Kier alpha value is -2.27. The lowest BCUT2D eigenvalue weighted by atomic mass is 9.97. The van der Waals surface area contributed by atoms with Gasteiger partial charge in [-0.15, -0.1) is 11.3 Å². The second-order valence-electron chi connectivity index (χ2n) is 8.41. The van der Waals surface area contributed by atoms with Gasteiger partial charge in [-0.1, -0.05) is 28.9 Å². The molecule has 5 rings (SSSR count). The smallest absolute Gasteiger partial charge is 0.244 e. The Labute approximate surface area is 201 Å². The van der Waals surface area contributed by atoms with E-state index in [1.54, 1.807) is 37.3 Å². The maximum absolute atomic E-state index is 13.3. The molecule has 0 spiro atoms. The van der Waals surface area contributed by atoms with E-state index in [4.69, 9.17) is 16.1 Å². The average molecular weight is 507 g/mol. The third kappa shape index (κ3) is 4.57. The molecule has 3 aromatic rings. The molecular weight excluding hydrogens is 484 g/mol. The number of hydrogen-bond acceptors (Lipinski definition) is 7. The molecule has 0 atom stereocenters. The number of carbonyl (C=O) groups is 1. The summed E-state index contributed by atoms with van der Waals surface area (Å²) in [4.78, 5) is 18.7. The molecule has 2 fully saturated rings. The number of para-hydroxylation sites is 1. The number of nitrogens with zero attached hydrogens (tertiary/aromatic N) is 3. The minimum absolute atomic E-state index is 0.141. The van der Waals surface area contributed by atoms with Crippen molar-refractivity contribution >= 4 is 44.6 Å². The highest BCUT2D eigenvalue weighted by atomic mass is 35.5. The van der Waals surface area contributed by atoms with E-state index in [9.17, 15) is 13.2 Å². The van der Waals surface area contributed by atoms with Crippen molar-refractivity contribution in [3.8, 4) is 10.7 Å². The third-order valence-electron chi connectivity index (χ3n) is 6.04. The van der Waals surface area contributed by atoms with E-state index in [0.717, 1.165) is 12.8 Å². The number of amides is 1. The van der Waals surface area contributed by atoms with Crippen molar-refractivity contribution in [3.05, 3.63) is 46.1 Å². The van der Waals surface area contributed by atoms with Crippen molar-refractivity contribution in [2.24, 2.45) is 5.92 Å². The molecule has 1 N–H and O–H groups in total. The van der Waals surface area contributed by atoms with Crippen LogP contribution >= 0.6 is 22.9 Å². The molecule has 174 valence electrons. The van der Waals surface area contributed by atoms with Gasteiger partial charge in [0.05, 0.1) is 20.5 Å². The fourth-order valence-corrected chi connectivity index (χ4v) is 7.10. The molecule has 11 heteroatoms. The molecule has 0 bridgehead atoms. The van der Waals surface area contributed by atoms with E-state index in [-0.39, 0.29) is 29.8 Å². The fourth-order valence-electron chi connectivity index (χ4n) is 3.96. The van der Waals surface area contributed by atoms with Gasteiger partial charge < -0.3 is 9.84 Å². The standard InChI is InChI=1S/C22H23ClN4O4S2/c1-13-19(12-18(32-13)20-25-22(31-26-20)15-6-7-15)33(29,30)27-10-8-14(9-11-27)21(28)24-17-5-3-2-4-16(17)23/h2-5,12,14-15H,6-11H2,1H3,(H,24,28). The van der Waals surface area contributed by atoms with Gasteiger partial charge in [0.2, 0.25) is 27.6 Å². The van der Waals surface area contributed by atoms with Crippen LogP contribution in [-0.2, 0) is 14.8 Å².